The summed E-state index contributed by atoms with van der Waals surface area (Å²) >= 11 is -1.67. The molecule has 1 heterocycles. The fraction of sp³-hybridized carbons (Fsp3) is 0.714. The molecule has 1 atom stereocenters. The van der Waals surface area contributed by atoms with Crippen molar-refractivity contribution >= 4 is 11.1 Å². The molecular formula is C7H14N2O2S. The Morgan fingerprint density at radius 3 is 2.67 bits per heavy atom. The number of nitrogens with zero attached hydrogens (tertiary/aromatic N) is 2. The molecule has 0 aliphatic carbocycles. The van der Waals surface area contributed by atoms with Crippen LogP contribution >= 0.6 is 0 Å². The Morgan fingerprint density at radius 2 is 2.17 bits per heavy atom. The molecule has 0 bridgehead atoms. The second kappa shape index (κ2) is 4.47. The topological polar surface area (TPSA) is 43.8 Å². The maximum absolute atomic E-state index is 10.4. The molecule has 1 unspecified atom stereocenters. The second-order valence-corrected chi connectivity index (χ2v) is 3.73. The van der Waals surface area contributed by atoms with Crippen molar-refractivity contribution in [1.29, 1.82) is 0 Å². The first-order valence-electron chi connectivity index (χ1n) is 3.96. The van der Waals surface area contributed by atoms with Gasteiger partial charge < -0.3 is 14.4 Å². The van der Waals surface area contributed by atoms with Gasteiger partial charge in [0.2, 0.25) is 0 Å². The molecule has 1 aliphatic rings. The molecule has 0 saturated carbocycles. The Hall–Kier alpha value is -0.550. The lowest BCUT2D eigenvalue weighted by Gasteiger charge is -2.18. The predicted molar refractivity (Wildman–Crippen MR) is 48.7 cm³/mol. The predicted octanol–water partition coefficient (Wildman–Crippen LogP) is 0.274. The zero-order valence-electron chi connectivity index (χ0n) is 7.14. The van der Waals surface area contributed by atoms with E-state index >= 15 is 0 Å². The first-order chi connectivity index (χ1) is 5.72. The fourth-order valence-corrected chi connectivity index (χ4v) is 1.45. The molecule has 0 radical (unpaired) electrons. The summed E-state index contributed by atoms with van der Waals surface area (Å²) in [5.41, 5.74) is 0. The van der Waals surface area contributed by atoms with Crippen LogP contribution in [0, 0.1) is 0 Å². The van der Waals surface area contributed by atoms with Crippen LogP contribution in [0.2, 0.25) is 0 Å². The Kier molecular flexibility index (Phi) is 3.55. The van der Waals surface area contributed by atoms with Crippen LogP contribution in [-0.4, -0.2) is 44.1 Å². The third-order valence-corrected chi connectivity index (χ3v) is 2.34. The summed E-state index contributed by atoms with van der Waals surface area (Å²) < 4.78 is 18.9. The van der Waals surface area contributed by atoms with Crippen LogP contribution in [0.15, 0.2) is 12.4 Å². The van der Waals surface area contributed by atoms with E-state index in [1.165, 1.54) is 0 Å². The molecule has 12 heavy (non-hydrogen) atoms. The SMILES string of the molecule is CCN1C=CN(CCS(=O)O)C1. The lowest BCUT2D eigenvalue weighted by molar-refractivity contribution is 0.282. The van der Waals surface area contributed by atoms with Crippen LogP contribution in [0.25, 0.3) is 0 Å². The van der Waals surface area contributed by atoms with Gasteiger partial charge in [0.1, 0.15) is 0 Å². The van der Waals surface area contributed by atoms with Gasteiger partial charge in [-0.25, -0.2) is 4.21 Å². The molecule has 70 valence electrons. The van der Waals surface area contributed by atoms with Crippen LogP contribution in [0.5, 0.6) is 0 Å². The average molecular weight is 190 g/mol. The lowest BCUT2D eigenvalue weighted by atomic mass is 10.6. The van der Waals surface area contributed by atoms with Crippen molar-refractivity contribution in [2.45, 2.75) is 6.92 Å². The van der Waals surface area contributed by atoms with Gasteiger partial charge in [-0.1, -0.05) is 0 Å². The van der Waals surface area contributed by atoms with Crippen LogP contribution in [0.4, 0.5) is 0 Å². The monoisotopic (exact) mass is 190 g/mol. The molecule has 0 spiro atoms. The molecule has 0 fully saturated rings. The number of hydrogen-bond donors (Lipinski definition) is 1. The van der Waals surface area contributed by atoms with Crippen molar-refractivity contribution in [3.63, 3.8) is 0 Å². The molecule has 4 nitrogen and oxygen atoms in total. The van der Waals surface area contributed by atoms with E-state index in [1.54, 1.807) is 0 Å². The minimum absolute atomic E-state index is 0.321. The zero-order valence-corrected chi connectivity index (χ0v) is 7.96. The van der Waals surface area contributed by atoms with Crippen molar-refractivity contribution in [3.8, 4) is 0 Å². The fourth-order valence-electron chi connectivity index (χ4n) is 1.06. The summed E-state index contributed by atoms with van der Waals surface area (Å²) in [6.07, 6.45) is 3.96. The number of hydrogen-bond acceptors (Lipinski definition) is 3. The molecule has 1 N–H and O–H groups in total. The highest BCUT2D eigenvalue weighted by Gasteiger charge is 2.10. The van der Waals surface area contributed by atoms with Gasteiger partial charge in [0, 0.05) is 25.5 Å². The van der Waals surface area contributed by atoms with Gasteiger partial charge >= 0.3 is 0 Å². The Labute approximate surface area is 75.1 Å². The van der Waals surface area contributed by atoms with Gasteiger partial charge in [0.05, 0.1) is 12.4 Å². The molecule has 0 amide bonds. The van der Waals surface area contributed by atoms with E-state index in [9.17, 15) is 4.21 Å². The van der Waals surface area contributed by atoms with E-state index in [2.05, 4.69) is 11.8 Å². The highest BCUT2D eigenvalue weighted by Crippen LogP contribution is 2.04. The van der Waals surface area contributed by atoms with Crippen LogP contribution in [0.1, 0.15) is 6.92 Å². The standard InChI is InChI=1S/C7H14N2O2S/c1-2-8-3-4-9(7-8)5-6-12(10)11/h3-4H,2,5-7H2,1H3,(H,10,11). The molecule has 1 aliphatic heterocycles. The largest absolute Gasteiger partial charge is 0.359 e. The molecule has 5 heteroatoms. The molecule has 0 saturated heterocycles. The van der Waals surface area contributed by atoms with Gasteiger partial charge in [0.15, 0.2) is 11.1 Å². The maximum atomic E-state index is 10.4. The van der Waals surface area contributed by atoms with Crippen molar-refractivity contribution in [1.82, 2.24) is 9.80 Å². The van der Waals surface area contributed by atoms with Crippen molar-refractivity contribution in [3.05, 3.63) is 12.4 Å². The molecule has 0 aromatic carbocycles. The summed E-state index contributed by atoms with van der Waals surface area (Å²) in [6, 6.07) is 0. The van der Waals surface area contributed by atoms with E-state index in [1.807, 2.05) is 17.3 Å². The number of rotatable bonds is 4. The van der Waals surface area contributed by atoms with E-state index in [0.29, 0.717) is 12.3 Å². The Morgan fingerprint density at radius 1 is 1.50 bits per heavy atom. The minimum atomic E-state index is -1.67. The van der Waals surface area contributed by atoms with Crippen molar-refractivity contribution in [2.75, 3.05) is 25.5 Å². The van der Waals surface area contributed by atoms with Gasteiger partial charge in [-0.05, 0) is 6.92 Å². The highest BCUT2D eigenvalue weighted by molar-refractivity contribution is 7.79. The van der Waals surface area contributed by atoms with Crippen LogP contribution in [0.3, 0.4) is 0 Å². The van der Waals surface area contributed by atoms with E-state index in [-0.39, 0.29) is 0 Å². The lowest BCUT2D eigenvalue weighted by Crippen LogP contribution is -2.28. The van der Waals surface area contributed by atoms with Gasteiger partial charge in [-0.15, -0.1) is 0 Å². The summed E-state index contributed by atoms with van der Waals surface area (Å²) in [7, 11) is 0. The first kappa shape index (κ1) is 9.54. The highest BCUT2D eigenvalue weighted by atomic mass is 32.2. The summed E-state index contributed by atoms with van der Waals surface area (Å²) in [4.78, 5) is 4.16. The third-order valence-electron chi connectivity index (χ3n) is 1.81. The van der Waals surface area contributed by atoms with Crippen LogP contribution < -0.4 is 0 Å². The zero-order chi connectivity index (χ0) is 8.97. The van der Waals surface area contributed by atoms with Crippen molar-refractivity contribution < 1.29 is 8.76 Å². The average Bonchev–Trinajstić information content (AvgIpc) is 2.48. The van der Waals surface area contributed by atoms with E-state index in [0.717, 1.165) is 13.2 Å². The minimum Gasteiger partial charge on any atom is -0.359 e. The van der Waals surface area contributed by atoms with E-state index < -0.39 is 11.1 Å². The molecule has 0 aromatic rings. The summed E-state index contributed by atoms with van der Waals surface area (Å²) in [5.74, 6) is 0.321. The van der Waals surface area contributed by atoms with Gasteiger partial charge in [0.25, 0.3) is 0 Å². The molecular weight excluding hydrogens is 176 g/mol. The maximum Gasteiger partial charge on any atom is 0.154 e. The summed E-state index contributed by atoms with van der Waals surface area (Å²) in [6.45, 7) is 4.55. The molecule has 1 rings (SSSR count). The van der Waals surface area contributed by atoms with E-state index in [4.69, 9.17) is 4.55 Å². The normalized spacial score (nSPS) is 18.8. The van der Waals surface area contributed by atoms with Gasteiger partial charge in [-0.3, -0.25) is 0 Å². The van der Waals surface area contributed by atoms with Crippen molar-refractivity contribution in [2.24, 2.45) is 0 Å². The first-order valence-corrected chi connectivity index (χ1v) is 5.24. The Bertz CT molecular complexity index is 196. The quantitative estimate of drug-likeness (QED) is 0.646. The molecule has 0 aromatic heterocycles. The Balaban J connectivity index is 2.20. The second-order valence-electron chi connectivity index (χ2n) is 2.68. The smallest absolute Gasteiger partial charge is 0.154 e. The summed E-state index contributed by atoms with van der Waals surface area (Å²) in [5, 5.41) is 0. The van der Waals surface area contributed by atoms with Gasteiger partial charge in [-0.2, -0.15) is 0 Å². The van der Waals surface area contributed by atoms with Crippen LogP contribution in [-0.2, 0) is 11.1 Å². The third kappa shape index (κ3) is 2.83.